The molecule has 1 saturated carbocycles. The minimum Gasteiger partial charge on any atom is -0.454 e. The molecule has 0 N–H and O–H groups in total. The van der Waals surface area contributed by atoms with Gasteiger partial charge in [0, 0.05) is 5.92 Å². The first kappa shape index (κ1) is 6.35. The summed E-state index contributed by atoms with van der Waals surface area (Å²) >= 11 is 0. The van der Waals surface area contributed by atoms with E-state index in [4.69, 9.17) is 9.47 Å². The van der Waals surface area contributed by atoms with Crippen LogP contribution >= 0.6 is 0 Å². The molecule has 1 heterocycles. The molecule has 1 fully saturated rings. The van der Waals surface area contributed by atoms with Crippen LogP contribution in [-0.2, 0) is 0 Å². The largest absolute Gasteiger partial charge is 0.454 e. The van der Waals surface area contributed by atoms with E-state index in [9.17, 15) is 0 Å². The van der Waals surface area contributed by atoms with E-state index in [-0.39, 0.29) is 0 Å². The number of hydrogen-bond acceptors (Lipinski definition) is 2. The third-order valence-corrected chi connectivity index (χ3v) is 2.28. The van der Waals surface area contributed by atoms with Crippen LogP contribution in [-0.4, -0.2) is 6.79 Å². The van der Waals surface area contributed by atoms with Crippen molar-refractivity contribution >= 4 is 0 Å². The Labute approximate surface area is 71.1 Å². The SMILES string of the molecule is c1cc2c(cc1[C]1CC1)OCO2. The highest BCUT2D eigenvalue weighted by Gasteiger charge is 2.26. The second-order valence-corrected chi connectivity index (χ2v) is 3.17. The van der Waals surface area contributed by atoms with Gasteiger partial charge in [0.1, 0.15) is 0 Å². The first-order valence-electron chi connectivity index (χ1n) is 4.18. The average molecular weight is 161 g/mol. The molecule has 0 atom stereocenters. The van der Waals surface area contributed by atoms with Gasteiger partial charge < -0.3 is 9.47 Å². The summed E-state index contributed by atoms with van der Waals surface area (Å²) in [5.74, 6) is 3.31. The molecule has 0 spiro atoms. The second-order valence-electron chi connectivity index (χ2n) is 3.17. The van der Waals surface area contributed by atoms with Crippen molar-refractivity contribution < 1.29 is 9.47 Å². The Balaban J connectivity index is 2.03. The van der Waals surface area contributed by atoms with E-state index >= 15 is 0 Å². The maximum Gasteiger partial charge on any atom is 0.231 e. The van der Waals surface area contributed by atoms with Gasteiger partial charge in [0.25, 0.3) is 0 Å². The van der Waals surface area contributed by atoms with Crippen molar-refractivity contribution in [1.29, 1.82) is 0 Å². The van der Waals surface area contributed by atoms with Gasteiger partial charge in [0.05, 0.1) is 0 Å². The highest BCUT2D eigenvalue weighted by atomic mass is 16.7. The van der Waals surface area contributed by atoms with E-state index in [1.165, 1.54) is 24.3 Å². The first-order chi connectivity index (χ1) is 5.93. The monoisotopic (exact) mass is 161 g/mol. The van der Waals surface area contributed by atoms with Gasteiger partial charge in [-0.3, -0.25) is 0 Å². The van der Waals surface area contributed by atoms with Crippen molar-refractivity contribution in [2.75, 3.05) is 6.79 Å². The fourth-order valence-electron chi connectivity index (χ4n) is 1.47. The Kier molecular flexibility index (Phi) is 1.14. The Morgan fingerprint density at radius 3 is 2.67 bits per heavy atom. The number of benzene rings is 1. The van der Waals surface area contributed by atoms with Gasteiger partial charge in [-0.15, -0.1) is 0 Å². The topological polar surface area (TPSA) is 18.5 Å². The predicted octanol–water partition coefficient (Wildman–Crippen LogP) is 2.13. The third-order valence-electron chi connectivity index (χ3n) is 2.28. The van der Waals surface area contributed by atoms with Crippen LogP contribution in [0.4, 0.5) is 0 Å². The van der Waals surface area contributed by atoms with Crippen molar-refractivity contribution in [3.63, 3.8) is 0 Å². The zero-order chi connectivity index (χ0) is 7.97. The van der Waals surface area contributed by atoms with Crippen molar-refractivity contribution in [1.82, 2.24) is 0 Å². The van der Waals surface area contributed by atoms with Gasteiger partial charge in [-0.25, -0.2) is 0 Å². The standard InChI is InChI=1S/C10H9O2/c1-2-7(1)8-3-4-9-10(5-8)12-6-11-9/h3-5H,1-2,6H2. The summed E-state index contributed by atoms with van der Waals surface area (Å²) in [7, 11) is 0. The number of ether oxygens (including phenoxy) is 2. The predicted molar refractivity (Wildman–Crippen MR) is 44.1 cm³/mol. The van der Waals surface area contributed by atoms with E-state index in [0.29, 0.717) is 6.79 Å². The Morgan fingerprint density at radius 1 is 1.00 bits per heavy atom. The van der Waals surface area contributed by atoms with Gasteiger partial charge in [-0.05, 0) is 30.5 Å². The molecule has 1 radical (unpaired) electrons. The first-order valence-corrected chi connectivity index (χ1v) is 4.18. The number of fused-ring (bicyclic) bond motifs is 1. The normalized spacial score (nSPS) is 19.7. The fraction of sp³-hybridized carbons (Fsp3) is 0.300. The van der Waals surface area contributed by atoms with Crippen LogP contribution < -0.4 is 9.47 Å². The lowest BCUT2D eigenvalue weighted by atomic mass is 10.1. The van der Waals surface area contributed by atoms with Crippen LogP contribution in [0.5, 0.6) is 11.5 Å². The molecule has 1 aliphatic heterocycles. The molecule has 2 aliphatic rings. The molecule has 2 heteroatoms. The van der Waals surface area contributed by atoms with Crippen molar-refractivity contribution in [2.45, 2.75) is 12.8 Å². The van der Waals surface area contributed by atoms with Gasteiger partial charge in [-0.2, -0.15) is 0 Å². The quantitative estimate of drug-likeness (QED) is 0.628. The van der Waals surface area contributed by atoms with Gasteiger partial charge in [-0.1, -0.05) is 6.07 Å². The van der Waals surface area contributed by atoms with Crippen LogP contribution in [0, 0.1) is 5.92 Å². The molecule has 61 valence electrons. The molecule has 3 rings (SSSR count). The second kappa shape index (κ2) is 2.16. The molecular weight excluding hydrogens is 152 g/mol. The van der Waals surface area contributed by atoms with Gasteiger partial charge >= 0.3 is 0 Å². The molecular formula is C10H9O2. The summed E-state index contributed by atoms with van der Waals surface area (Å²) in [6.45, 7) is 0.369. The lowest BCUT2D eigenvalue weighted by Gasteiger charge is -1.98. The summed E-state index contributed by atoms with van der Waals surface area (Å²) in [6.07, 6.45) is 2.50. The Morgan fingerprint density at radius 2 is 1.83 bits per heavy atom. The van der Waals surface area contributed by atoms with Gasteiger partial charge in [0.2, 0.25) is 6.79 Å². The minimum absolute atomic E-state index is 0.369. The molecule has 0 amide bonds. The molecule has 12 heavy (non-hydrogen) atoms. The van der Waals surface area contributed by atoms with E-state index in [1.807, 2.05) is 6.07 Å². The van der Waals surface area contributed by atoms with Crippen LogP contribution in [0.2, 0.25) is 0 Å². The molecule has 0 unspecified atom stereocenters. The van der Waals surface area contributed by atoms with Crippen LogP contribution in [0.3, 0.4) is 0 Å². The van der Waals surface area contributed by atoms with E-state index in [0.717, 1.165) is 11.5 Å². The molecule has 2 nitrogen and oxygen atoms in total. The molecule has 1 aliphatic carbocycles. The molecule has 1 aromatic rings. The molecule has 0 bridgehead atoms. The number of rotatable bonds is 1. The maximum absolute atomic E-state index is 5.28. The van der Waals surface area contributed by atoms with Crippen LogP contribution in [0.1, 0.15) is 18.4 Å². The minimum atomic E-state index is 0.369. The van der Waals surface area contributed by atoms with Crippen molar-refractivity contribution in [3.05, 3.63) is 29.7 Å². The number of hydrogen-bond donors (Lipinski definition) is 0. The lowest BCUT2D eigenvalue weighted by molar-refractivity contribution is 0.174. The fourth-order valence-corrected chi connectivity index (χ4v) is 1.47. The van der Waals surface area contributed by atoms with E-state index in [2.05, 4.69) is 12.1 Å². The molecule has 0 aromatic heterocycles. The summed E-state index contributed by atoms with van der Waals surface area (Å²) in [5, 5.41) is 0. The lowest BCUT2D eigenvalue weighted by Crippen LogP contribution is -1.92. The summed E-state index contributed by atoms with van der Waals surface area (Å²) < 4.78 is 10.5. The average Bonchev–Trinajstić information content (AvgIpc) is 2.84. The summed E-state index contributed by atoms with van der Waals surface area (Å²) in [6, 6.07) is 6.17. The summed E-state index contributed by atoms with van der Waals surface area (Å²) in [4.78, 5) is 0. The zero-order valence-corrected chi connectivity index (χ0v) is 6.67. The maximum atomic E-state index is 5.28. The van der Waals surface area contributed by atoms with E-state index in [1.54, 1.807) is 0 Å². The van der Waals surface area contributed by atoms with Crippen LogP contribution in [0.25, 0.3) is 0 Å². The Hall–Kier alpha value is -1.18. The smallest absolute Gasteiger partial charge is 0.231 e. The van der Waals surface area contributed by atoms with Crippen molar-refractivity contribution in [3.8, 4) is 11.5 Å². The van der Waals surface area contributed by atoms with Crippen LogP contribution in [0.15, 0.2) is 18.2 Å². The Bertz CT molecular complexity index is 316. The molecule has 1 aromatic carbocycles. The van der Waals surface area contributed by atoms with E-state index < -0.39 is 0 Å². The summed E-state index contributed by atoms with van der Waals surface area (Å²) in [5.41, 5.74) is 1.32. The highest BCUT2D eigenvalue weighted by Crippen LogP contribution is 2.42. The zero-order valence-electron chi connectivity index (χ0n) is 6.67. The third kappa shape index (κ3) is 0.876. The molecule has 0 saturated heterocycles. The highest BCUT2D eigenvalue weighted by molar-refractivity contribution is 5.50. The van der Waals surface area contributed by atoms with Crippen molar-refractivity contribution in [2.24, 2.45) is 0 Å². The van der Waals surface area contributed by atoms with Gasteiger partial charge in [0.15, 0.2) is 11.5 Å².